The summed E-state index contributed by atoms with van der Waals surface area (Å²) in [5.74, 6) is 0.755. The number of carbonyl (C=O) groups excluding carboxylic acids is 1. The van der Waals surface area contributed by atoms with Crippen LogP contribution >= 0.6 is 0 Å². The molecule has 1 saturated carbocycles. The maximum atomic E-state index is 12.0. The van der Waals surface area contributed by atoms with Crippen molar-refractivity contribution in [1.29, 1.82) is 0 Å². The Labute approximate surface area is 154 Å². The molecule has 3 fully saturated rings. The fourth-order valence-corrected chi connectivity index (χ4v) is 4.44. The molecule has 1 aromatic rings. The van der Waals surface area contributed by atoms with Gasteiger partial charge in [0.15, 0.2) is 0 Å². The molecule has 7 heteroatoms. The van der Waals surface area contributed by atoms with Gasteiger partial charge in [0.1, 0.15) is 18.2 Å². The molecule has 7 nitrogen and oxygen atoms in total. The summed E-state index contributed by atoms with van der Waals surface area (Å²) in [5, 5.41) is 11.8. The Bertz CT molecular complexity index is 626. The highest BCUT2D eigenvalue weighted by molar-refractivity contribution is 5.78. The van der Waals surface area contributed by atoms with Crippen LogP contribution < -0.4 is 5.32 Å². The van der Waals surface area contributed by atoms with Crippen LogP contribution in [0.4, 0.5) is 0 Å². The van der Waals surface area contributed by atoms with E-state index in [0.29, 0.717) is 13.2 Å². The molecule has 1 aliphatic carbocycles. The van der Waals surface area contributed by atoms with Crippen molar-refractivity contribution in [3.8, 4) is 0 Å². The summed E-state index contributed by atoms with van der Waals surface area (Å²) >= 11 is 0. The molecule has 1 aromatic heterocycles. The number of carbonyl (C=O) groups is 1. The third kappa shape index (κ3) is 3.64. The van der Waals surface area contributed by atoms with Crippen LogP contribution in [0.25, 0.3) is 0 Å². The minimum atomic E-state index is -0.103. The van der Waals surface area contributed by atoms with E-state index in [4.69, 9.17) is 9.47 Å². The van der Waals surface area contributed by atoms with Crippen LogP contribution in [-0.2, 0) is 20.7 Å². The predicted octanol–water partition coefficient (Wildman–Crippen LogP) is 1.88. The number of aromatic nitrogens is 3. The Morgan fingerprint density at radius 2 is 2.00 bits per heavy atom. The van der Waals surface area contributed by atoms with Gasteiger partial charge in [-0.15, -0.1) is 5.10 Å². The summed E-state index contributed by atoms with van der Waals surface area (Å²) in [6.45, 7) is 4.83. The first kappa shape index (κ1) is 17.9. The zero-order chi connectivity index (χ0) is 18.1. The monoisotopic (exact) mass is 362 g/mol. The van der Waals surface area contributed by atoms with Gasteiger partial charge in [0.25, 0.3) is 0 Å². The van der Waals surface area contributed by atoms with Gasteiger partial charge >= 0.3 is 0 Å². The summed E-state index contributed by atoms with van der Waals surface area (Å²) in [6, 6.07) is -0.0429. The molecule has 0 bridgehead atoms. The molecule has 2 aliphatic heterocycles. The molecule has 144 valence electrons. The smallest absolute Gasteiger partial charge is 0.222 e. The highest BCUT2D eigenvalue weighted by Gasteiger charge is 2.49. The van der Waals surface area contributed by atoms with E-state index in [1.807, 2.05) is 18.5 Å². The van der Waals surface area contributed by atoms with Gasteiger partial charge in [-0.05, 0) is 12.3 Å². The summed E-state index contributed by atoms with van der Waals surface area (Å²) in [4.78, 5) is 12.0. The number of nitrogens with one attached hydrogen (secondary N) is 1. The van der Waals surface area contributed by atoms with E-state index in [1.165, 1.54) is 32.1 Å². The van der Waals surface area contributed by atoms with E-state index in [9.17, 15) is 4.79 Å². The van der Waals surface area contributed by atoms with Crippen LogP contribution in [0.5, 0.6) is 0 Å². The Morgan fingerprint density at radius 3 is 2.77 bits per heavy atom. The number of ether oxygens (including phenoxy) is 2. The molecule has 4 atom stereocenters. The average molecular weight is 362 g/mol. The van der Waals surface area contributed by atoms with Crippen molar-refractivity contribution in [2.24, 2.45) is 11.8 Å². The van der Waals surface area contributed by atoms with Gasteiger partial charge in [-0.3, -0.25) is 4.79 Å². The van der Waals surface area contributed by atoms with Crippen LogP contribution in [0.1, 0.15) is 57.7 Å². The third-order valence-corrected chi connectivity index (χ3v) is 6.00. The zero-order valence-corrected chi connectivity index (χ0v) is 15.8. The molecule has 2 saturated heterocycles. The Kier molecular flexibility index (Phi) is 5.27. The lowest BCUT2D eigenvalue weighted by Crippen LogP contribution is -2.45. The fraction of sp³-hybridized carbons (Fsp3) is 0.842. The van der Waals surface area contributed by atoms with Crippen molar-refractivity contribution >= 4 is 5.91 Å². The van der Waals surface area contributed by atoms with E-state index < -0.39 is 0 Å². The quantitative estimate of drug-likeness (QED) is 0.865. The Balaban J connectivity index is 1.37. The molecule has 3 aliphatic rings. The highest BCUT2D eigenvalue weighted by atomic mass is 16.6. The van der Waals surface area contributed by atoms with Gasteiger partial charge in [0.05, 0.1) is 24.9 Å². The van der Waals surface area contributed by atoms with Crippen LogP contribution in [-0.4, -0.2) is 52.4 Å². The van der Waals surface area contributed by atoms with E-state index >= 15 is 0 Å². The average Bonchev–Trinajstić information content (AvgIpc) is 3.33. The van der Waals surface area contributed by atoms with E-state index in [2.05, 4.69) is 21.8 Å². The standard InChI is InChI=1S/C19H30N4O3/c1-12(2)19(24)20-15-10-25-18-16(11-26-17(15)18)23-9-14(21-22-23)8-13-6-4-3-5-7-13/h9,12-13,15-18H,3-8,10-11H2,1-2H3,(H,20,24)/t15-,16-,17+,18+/m0/s1. The van der Waals surface area contributed by atoms with Crippen molar-refractivity contribution < 1.29 is 14.3 Å². The number of hydrogen-bond donors (Lipinski definition) is 1. The van der Waals surface area contributed by atoms with Crippen LogP contribution in [0.15, 0.2) is 6.20 Å². The van der Waals surface area contributed by atoms with E-state index in [1.54, 1.807) is 0 Å². The number of rotatable bonds is 5. The maximum Gasteiger partial charge on any atom is 0.222 e. The van der Waals surface area contributed by atoms with Crippen LogP contribution in [0.3, 0.4) is 0 Å². The zero-order valence-electron chi connectivity index (χ0n) is 15.8. The first-order chi connectivity index (χ1) is 12.6. The minimum absolute atomic E-state index is 0.0357. The summed E-state index contributed by atoms with van der Waals surface area (Å²) in [7, 11) is 0. The van der Waals surface area contributed by atoms with Gasteiger partial charge < -0.3 is 14.8 Å². The van der Waals surface area contributed by atoms with Crippen molar-refractivity contribution in [1.82, 2.24) is 20.3 Å². The van der Waals surface area contributed by atoms with Gasteiger partial charge in [-0.25, -0.2) is 4.68 Å². The highest BCUT2D eigenvalue weighted by Crippen LogP contribution is 2.34. The molecule has 3 heterocycles. The molecule has 0 unspecified atom stereocenters. The number of amides is 1. The molecule has 1 N–H and O–H groups in total. The Hall–Kier alpha value is -1.47. The number of hydrogen-bond acceptors (Lipinski definition) is 5. The first-order valence-electron chi connectivity index (χ1n) is 10.1. The molecule has 4 rings (SSSR count). The molecule has 1 amide bonds. The summed E-state index contributed by atoms with van der Waals surface area (Å²) in [6.07, 6.45) is 9.59. The van der Waals surface area contributed by atoms with Crippen LogP contribution in [0, 0.1) is 11.8 Å². The molecule has 0 radical (unpaired) electrons. The second-order valence-electron chi connectivity index (χ2n) is 8.33. The number of fused-ring (bicyclic) bond motifs is 1. The fourth-order valence-electron chi connectivity index (χ4n) is 4.44. The summed E-state index contributed by atoms with van der Waals surface area (Å²) in [5.41, 5.74) is 1.07. The number of nitrogens with zero attached hydrogens (tertiary/aromatic N) is 3. The molecular weight excluding hydrogens is 332 g/mol. The first-order valence-corrected chi connectivity index (χ1v) is 10.1. The van der Waals surface area contributed by atoms with Crippen LogP contribution in [0.2, 0.25) is 0 Å². The normalized spacial score (nSPS) is 32.1. The Morgan fingerprint density at radius 1 is 1.23 bits per heavy atom. The van der Waals surface area contributed by atoms with Crippen molar-refractivity contribution in [2.45, 2.75) is 76.7 Å². The second-order valence-corrected chi connectivity index (χ2v) is 8.33. The lowest BCUT2D eigenvalue weighted by Gasteiger charge is -2.20. The van der Waals surface area contributed by atoms with Gasteiger partial charge in [-0.1, -0.05) is 51.2 Å². The molecule has 26 heavy (non-hydrogen) atoms. The molecule has 0 aromatic carbocycles. The lowest BCUT2D eigenvalue weighted by atomic mass is 9.86. The largest absolute Gasteiger partial charge is 0.371 e. The molecular formula is C19H30N4O3. The SMILES string of the molecule is CC(C)C(=O)N[C@H]1CO[C@H]2[C@@H]1OC[C@@H]2n1cc(CC2CCCCC2)nn1. The minimum Gasteiger partial charge on any atom is -0.371 e. The second kappa shape index (κ2) is 7.64. The van der Waals surface area contributed by atoms with Gasteiger partial charge in [0.2, 0.25) is 5.91 Å². The van der Waals surface area contributed by atoms with Crippen molar-refractivity contribution in [2.75, 3.05) is 13.2 Å². The topological polar surface area (TPSA) is 78.3 Å². The van der Waals surface area contributed by atoms with Crippen molar-refractivity contribution in [3.05, 3.63) is 11.9 Å². The third-order valence-electron chi connectivity index (χ3n) is 6.00. The van der Waals surface area contributed by atoms with E-state index in [0.717, 1.165) is 18.0 Å². The van der Waals surface area contributed by atoms with E-state index in [-0.39, 0.29) is 36.1 Å². The van der Waals surface area contributed by atoms with Crippen molar-refractivity contribution in [3.63, 3.8) is 0 Å². The van der Waals surface area contributed by atoms with Gasteiger partial charge in [0, 0.05) is 12.1 Å². The lowest BCUT2D eigenvalue weighted by molar-refractivity contribution is -0.125. The molecule has 0 spiro atoms. The predicted molar refractivity (Wildman–Crippen MR) is 95.6 cm³/mol. The van der Waals surface area contributed by atoms with Gasteiger partial charge in [-0.2, -0.15) is 0 Å². The maximum absolute atomic E-state index is 12.0. The summed E-state index contributed by atoms with van der Waals surface area (Å²) < 4.78 is 13.8.